The minimum atomic E-state index is -3.78. The summed E-state index contributed by atoms with van der Waals surface area (Å²) in [4.78, 5) is 26.7. The fourth-order valence-electron chi connectivity index (χ4n) is 3.43. The van der Waals surface area contributed by atoms with E-state index in [-0.39, 0.29) is 23.9 Å². The number of amides is 2. The molecule has 9 heteroatoms. The normalized spacial score (nSPS) is 16.8. The maximum absolute atomic E-state index is 13.0. The molecule has 1 aliphatic heterocycles. The van der Waals surface area contributed by atoms with Crippen LogP contribution in [-0.4, -0.2) is 62.7 Å². The maximum Gasteiger partial charge on any atom is 0.243 e. The summed E-state index contributed by atoms with van der Waals surface area (Å²) in [5, 5.41) is 2.72. The van der Waals surface area contributed by atoms with Crippen LogP contribution in [0.25, 0.3) is 0 Å². The van der Waals surface area contributed by atoms with Crippen LogP contribution in [0.1, 0.15) is 12.8 Å². The Bertz CT molecular complexity index is 993. The van der Waals surface area contributed by atoms with Crippen LogP contribution in [0.15, 0.2) is 59.5 Å². The second-order valence-electron chi connectivity index (χ2n) is 7.06. The fourth-order valence-corrected chi connectivity index (χ4v) is 5.10. The van der Waals surface area contributed by atoms with Gasteiger partial charge in [0.2, 0.25) is 21.8 Å². The number of rotatable bonds is 7. The van der Waals surface area contributed by atoms with E-state index in [0.717, 1.165) is 0 Å². The predicted molar refractivity (Wildman–Crippen MR) is 113 cm³/mol. The molecule has 0 spiro atoms. The number of nitrogens with one attached hydrogen (secondary N) is 1. The molecule has 0 radical (unpaired) electrons. The van der Waals surface area contributed by atoms with Crippen LogP contribution in [-0.2, 0) is 19.6 Å². The second-order valence-corrected chi connectivity index (χ2v) is 8.95. The first-order chi connectivity index (χ1) is 14.3. The monoisotopic (exact) mass is 431 g/mol. The molecule has 1 N–H and O–H groups in total. The third-order valence-electron chi connectivity index (χ3n) is 4.97. The lowest BCUT2D eigenvalue weighted by atomic mass is 10.2. The molecule has 2 aromatic carbocycles. The van der Waals surface area contributed by atoms with Crippen molar-refractivity contribution in [3.63, 3.8) is 0 Å². The van der Waals surface area contributed by atoms with Crippen molar-refractivity contribution in [3.8, 4) is 5.75 Å². The van der Waals surface area contributed by atoms with Gasteiger partial charge in [-0.1, -0.05) is 18.2 Å². The minimum absolute atomic E-state index is 0.157. The molecule has 2 aromatic rings. The molecule has 1 unspecified atom stereocenters. The van der Waals surface area contributed by atoms with Crippen molar-refractivity contribution in [2.45, 2.75) is 23.8 Å². The SMILES string of the molecule is COc1ccc(NC(=O)CN(C)C(=O)C2CCCN2S(=O)(=O)c2ccccc2)cc1. The van der Waals surface area contributed by atoms with Crippen molar-refractivity contribution in [1.29, 1.82) is 0 Å². The van der Waals surface area contributed by atoms with Crippen molar-refractivity contribution in [1.82, 2.24) is 9.21 Å². The number of methoxy groups -OCH3 is 1. The van der Waals surface area contributed by atoms with Crippen LogP contribution in [0.3, 0.4) is 0 Å². The summed E-state index contributed by atoms with van der Waals surface area (Å²) in [6.07, 6.45) is 1.02. The molecule has 3 rings (SSSR count). The average molecular weight is 432 g/mol. The number of hydrogen-bond donors (Lipinski definition) is 1. The first kappa shape index (κ1) is 21.8. The number of carbonyl (C=O) groups excluding carboxylic acids is 2. The van der Waals surface area contributed by atoms with E-state index < -0.39 is 22.0 Å². The van der Waals surface area contributed by atoms with Crippen LogP contribution < -0.4 is 10.1 Å². The van der Waals surface area contributed by atoms with Crippen LogP contribution >= 0.6 is 0 Å². The molecule has 0 aliphatic carbocycles. The Morgan fingerprint density at radius 1 is 1.13 bits per heavy atom. The molecule has 1 aliphatic rings. The van der Waals surface area contributed by atoms with Gasteiger partial charge in [0.15, 0.2) is 0 Å². The number of benzene rings is 2. The zero-order valence-corrected chi connectivity index (χ0v) is 17.8. The van der Waals surface area contributed by atoms with E-state index in [1.165, 1.54) is 28.4 Å². The van der Waals surface area contributed by atoms with Gasteiger partial charge in [-0.05, 0) is 49.2 Å². The molecule has 1 saturated heterocycles. The summed E-state index contributed by atoms with van der Waals surface area (Å²) in [6.45, 7) is 0.0973. The van der Waals surface area contributed by atoms with Crippen molar-refractivity contribution in [3.05, 3.63) is 54.6 Å². The Balaban J connectivity index is 1.65. The van der Waals surface area contributed by atoms with Gasteiger partial charge in [0.05, 0.1) is 18.6 Å². The van der Waals surface area contributed by atoms with Gasteiger partial charge in [-0.2, -0.15) is 4.31 Å². The molecular weight excluding hydrogens is 406 g/mol. The van der Waals surface area contributed by atoms with Gasteiger partial charge < -0.3 is 15.0 Å². The van der Waals surface area contributed by atoms with E-state index >= 15 is 0 Å². The number of carbonyl (C=O) groups is 2. The van der Waals surface area contributed by atoms with E-state index in [1.54, 1.807) is 49.6 Å². The fraction of sp³-hybridized carbons (Fsp3) is 0.333. The Morgan fingerprint density at radius 3 is 2.43 bits per heavy atom. The van der Waals surface area contributed by atoms with Gasteiger partial charge >= 0.3 is 0 Å². The number of ether oxygens (including phenoxy) is 1. The summed E-state index contributed by atoms with van der Waals surface area (Å²) in [5.74, 6) is -0.0930. The average Bonchev–Trinajstić information content (AvgIpc) is 3.25. The molecule has 160 valence electrons. The molecule has 1 heterocycles. The standard InChI is InChI=1S/C21H25N3O5S/c1-23(15-20(25)22-16-10-12-17(29-2)13-11-16)21(26)19-9-6-14-24(19)30(27,28)18-7-4-3-5-8-18/h3-5,7-8,10-13,19H,6,9,14-15H2,1-2H3,(H,22,25). The molecule has 30 heavy (non-hydrogen) atoms. The summed E-state index contributed by atoms with van der Waals surface area (Å²) >= 11 is 0. The first-order valence-electron chi connectivity index (χ1n) is 9.58. The summed E-state index contributed by atoms with van der Waals surface area (Å²) in [7, 11) is -0.721. The number of nitrogens with zero attached hydrogens (tertiary/aromatic N) is 2. The molecule has 1 atom stereocenters. The molecule has 1 fully saturated rings. The Labute approximate surface area is 176 Å². The first-order valence-corrected chi connectivity index (χ1v) is 11.0. The Hall–Kier alpha value is -2.91. The van der Waals surface area contributed by atoms with Crippen molar-refractivity contribution in [2.24, 2.45) is 0 Å². The van der Waals surface area contributed by atoms with E-state index in [0.29, 0.717) is 24.3 Å². The van der Waals surface area contributed by atoms with Gasteiger partial charge in [0.25, 0.3) is 0 Å². The van der Waals surface area contributed by atoms with E-state index in [2.05, 4.69) is 5.32 Å². The van der Waals surface area contributed by atoms with Gasteiger partial charge in [0.1, 0.15) is 11.8 Å². The zero-order chi connectivity index (χ0) is 21.7. The quantitative estimate of drug-likeness (QED) is 0.723. The third kappa shape index (κ3) is 4.80. The number of sulfonamides is 1. The highest BCUT2D eigenvalue weighted by Gasteiger charge is 2.40. The number of hydrogen-bond acceptors (Lipinski definition) is 5. The van der Waals surface area contributed by atoms with Gasteiger partial charge in [-0.25, -0.2) is 8.42 Å². The highest BCUT2D eigenvalue weighted by atomic mass is 32.2. The van der Waals surface area contributed by atoms with Crippen LogP contribution in [0.5, 0.6) is 5.75 Å². The van der Waals surface area contributed by atoms with Gasteiger partial charge in [0, 0.05) is 19.3 Å². The minimum Gasteiger partial charge on any atom is -0.497 e. The largest absolute Gasteiger partial charge is 0.497 e. The highest BCUT2D eigenvalue weighted by molar-refractivity contribution is 7.89. The van der Waals surface area contributed by atoms with Crippen LogP contribution in [0.4, 0.5) is 5.69 Å². The van der Waals surface area contributed by atoms with E-state index in [1.807, 2.05) is 0 Å². The molecule has 0 aromatic heterocycles. The Morgan fingerprint density at radius 2 is 1.80 bits per heavy atom. The maximum atomic E-state index is 13.0. The number of likely N-dealkylation sites (N-methyl/N-ethyl adjacent to an activating group) is 1. The second kappa shape index (κ2) is 9.27. The summed E-state index contributed by atoms with van der Waals surface area (Å²) < 4.78 is 32.2. The van der Waals surface area contributed by atoms with Gasteiger partial charge in [-0.3, -0.25) is 9.59 Å². The molecule has 0 bridgehead atoms. The van der Waals surface area contributed by atoms with E-state index in [9.17, 15) is 18.0 Å². The zero-order valence-electron chi connectivity index (χ0n) is 16.9. The molecule has 8 nitrogen and oxygen atoms in total. The third-order valence-corrected chi connectivity index (χ3v) is 6.89. The van der Waals surface area contributed by atoms with E-state index in [4.69, 9.17) is 4.74 Å². The van der Waals surface area contributed by atoms with Crippen LogP contribution in [0, 0.1) is 0 Å². The molecular formula is C21H25N3O5S. The molecule has 2 amide bonds. The lowest BCUT2D eigenvalue weighted by molar-refractivity contribution is -0.136. The summed E-state index contributed by atoms with van der Waals surface area (Å²) in [6, 6.07) is 14.1. The lowest BCUT2D eigenvalue weighted by Crippen LogP contribution is -2.48. The molecule has 0 saturated carbocycles. The number of anilines is 1. The topological polar surface area (TPSA) is 96.0 Å². The van der Waals surface area contributed by atoms with Crippen molar-refractivity contribution in [2.75, 3.05) is 32.6 Å². The van der Waals surface area contributed by atoms with Crippen LogP contribution in [0.2, 0.25) is 0 Å². The Kier molecular flexibility index (Phi) is 6.73. The lowest BCUT2D eigenvalue weighted by Gasteiger charge is -2.27. The van der Waals surface area contributed by atoms with Crippen molar-refractivity contribution < 1.29 is 22.7 Å². The van der Waals surface area contributed by atoms with Gasteiger partial charge in [-0.15, -0.1) is 0 Å². The highest BCUT2D eigenvalue weighted by Crippen LogP contribution is 2.27. The predicted octanol–water partition coefficient (Wildman–Crippen LogP) is 1.95. The smallest absolute Gasteiger partial charge is 0.243 e. The van der Waals surface area contributed by atoms with Crippen molar-refractivity contribution >= 4 is 27.5 Å². The summed E-state index contributed by atoms with van der Waals surface area (Å²) in [5.41, 5.74) is 0.579.